The fraction of sp³-hybridized carbons (Fsp3) is 0.238. The van der Waals surface area contributed by atoms with Crippen molar-refractivity contribution in [2.24, 2.45) is 0 Å². The Labute approximate surface area is 200 Å². The van der Waals surface area contributed by atoms with Crippen LogP contribution in [0.5, 0.6) is 11.6 Å². The van der Waals surface area contributed by atoms with Gasteiger partial charge >= 0.3 is 0 Å². The molecule has 0 bridgehead atoms. The molecular weight excluding hydrogens is 548 g/mol. The lowest BCUT2D eigenvalue weighted by molar-refractivity contribution is -0.118. The molecule has 0 saturated heterocycles. The van der Waals surface area contributed by atoms with Crippen molar-refractivity contribution in [2.45, 2.75) is 25.2 Å². The number of ether oxygens (including phenoxy) is 2. The molecule has 3 aromatic rings. The molecular formula is C21H18Br2N4O3S. The molecule has 160 valence electrons. The number of benzene rings is 2. The molecule has 1 aliphatic rings. The van der Waals surface area contributed by atoms with E-state index in [9.17, 15) is 4.79 Å². The summed E-state index contributed by atoms with van der Waals surface area (Å²) >= 11 is 8.49. The summed E-state index contributed by atoms with van der Waals surface area (Å²) in [6, 6.07) is 11.2. The molecule has 2 heterocycles. The van der Waals surface area contributed by atoms with Crippen molar-refractivity contribution in [1.82, 2.24) is 15.2 Å². The van der Waals surface area contributed by atoms with Gasteiger partial charge in [0.25, 0.3) is 0 Å². The van der Waals surface area contributed by atoms with Crippen molar-refractivity contribution in [2.75, 3.05) is 17.8 Å². The molecule has 1 atom stereocenters. The molecule has 0 radical (unpaired) electrons. The van der Waals surface area contributed by atoms with Crippen LogP contribution < -0.4 is 14.4 Å². The van der Waals surface area contributed by atoms with Gasteiger partial charge < -0.3 is 9.47 Å². The number of fused-ring (bicyclic) bond motifs is 3. The van der Waals surface area contributed by atoms with Crippen molar-refractivity contribution in [3.05, 3.63) is 50.9 Å². The first-order valence-electron chi connectivity index (χ1n) is 9.40. The summed E-state index contributed by atoms with van der Waals surface area (Å²) in [7, 11) is 1.58. The van der Waals surface area contributed by atoms with Crippen LogP contribution in [0.25, 0.3) is 11.3 Å². The zero-order chi connectivity index (χ0) is 22.1. The normalized spacial score (nSPS) is 14.9. The number of nitrogens with zero attached hydrogens (tertiary/aromatic N) is 4. The predicted molar refractivity (Wildman–Crippen MR) is 127 cm³/mol. The van der Waals surface area contributed by atoms with Crippen LogP contribution in [-0.4, -0.2) is 34.0 Å². The maximum absolute atomic E-state index is 12.9. The van der Waals surface area contributed by atoms with Crippen molar-refractivity contribution in [1.29, 1.82) is 0 Å². The maximum atomic E-state index is 12.9. The van der Waals surface area contributed by atoms with E-state index in [-0.39, 0.29) is 5.91 Å². The van der Waals surface area contributed by atoms with Crippen LogP contribution in [0, 0.1) is 0 Å². The van der Waals surface area contributed by atoms with Crippen molar-refractivity contribution < 1.29 is 14.3 Å². The average molecular weight is 566 g/mol. The van der Waals surface area contributed by atoms with E-state index in [4.69, 9.17) is 9.47 Å². The lowest BCUT2D eigenvalue weighted by atomic mass is 10.1. The van der Waals surface area contributed by atoms with Crippen LogP contribution in [0.2, 0.25) is 0 Å². The minimum Gasteiger partial charge on any atom is -0.496 e. The molecule has 0 aliphatic carbocycles. The predicted octanol–water partition coefficient (Wildman–Crippen LogP) is 5.63. The summed E-state index contributed by atoms with van der Waals surface area (Å²) in [5, 5.41) is 9.15. The minimum atomic E-state index is -0.817. The smallest absolute Gasteiger partial charge is 0.247 e. The fourth-order valence-corrected chi connectivity index (χ4v) is 4.61. The molecule has 0 spiro atoms. The number of methoxy groups -OCH3 is 1. The quantitative estimate of drug-likeness (QED) is 0.379. The monoisotopic (exact) mass is 564 g/mol. The van der Waals surface area contributed by atoms with E-state index in [1.807, 2.05) is 43.3 Å². The Hall–Kier alpha value is -2.17. The van der Waals surface area contributed by atoms with Crippen LogP contribution >= 0.6 is 43.6 Å². The van der Waals surface area contributed by atoms with Gasteiger partial charge in [-0.2, -0.15) is 4.98 Å². The van der Waals surface area contributed by atoms with Crippen LogP contribution in [0.15, 0.2) is 50.5 Å². The van der Waals surface area contributed by atoms with Gasteiger partial charge in [-0.15, -0.1) is 10.2 Å². The summed E-state index contributed by atoms with van der Waals surface area (Å²) in [6.07, 6.45) is -0.817. The third-order valence-corrected chi connectivity index (χ3v) is 6.34. The third-order valence-electron chi connectivity index (χ3n) is 4.64. The summed E-state index contributed by atoms with van der Waals surface area (Å²) in [5.41, 5.74) is 2.49. The van der Waals surface area contributed by atoms with Crippen molar-refractivity contribution in [3.63, 3.8) is 0 Å². The van der Waals surface area contributed by atoms with Gasteiger partial charge in [0, 0.05) is 21.4 Å². The molecule has 2 aromatic carbocycles. The number of hydrogen-bond donors (Lipinski definition) is 0. The molecule has 1 amide bonds. The van der Waals surface area contributed by atoms with Gasteiger partial charge in [0.15, 0.2) is 5.69 Å². The second-order valence-corrected chi connectivity index (χ2v) is 9.65. The van der Waals surface area contributed by atoms with Gasteiger partial charge in [0.05, 0.1) is 18.4 Å². The van der Waals surface area contributed by atoms with E-state index < -0.39 is 6.23 Å². The van der Waals surface area contributed by atoms with Gasteiger partial charge in [-0.3, -0.25) is 9.69 Å². The molecule has 10 heteroatoms. The highest BCUT2D eigenvalue weighted by Crippen LogP contribution is 2.46. The van der Waals surface area contributed by atoms with Crippen LogP contribution in [0.3, 0.4) is 0 Å². The summed E-state index contributed by atoms with van der Waals surface area (Å²) in [6.45, 7) is 3.51. The number of anilines is 1. The Morgan fingerprint density at radius 3 is 2.65 bits per heavy atom. The van der Waals surface area contributed by atoms with Gasteiger partial charge in [-0.1, -0.05) is 50.5 Å². The standard InChI is InChI=1S/C21H18Br2N4O3S/c1-4-31-21-24-19-18(25-26-21)14-9-12(22)5-7-16(14)27(11(2)28)20(30-19)15-10-13(23)6-8-17(15)29-3/h5-10,20H,4H2,1-3H3/t20-/m0/s1. The number of halogens is 2. The highest BCUT2D eigenvalue weighted by atomic mass is 79.9. The molecule has 1 aliphatic heterocycles. The first-order valence-corrected chi connectivity index (χ1v) is 12.0. The molecule has 0 unspecified atom stereocenters. The van der Waals surface area contributed by atoms with E-state index in [2.05, 4.69) is 47.0 Å². The highest BCUT2D eigenvalue weighted by molar-refractivity contribution is 9.10. The number of thioether (sulfide) groups is 1. The number of aromatic nitrogens is 3. The topological polar surface area (TPSA) is 77.4 Å². The second-order valence-electron chi connectivity index (χ2n) is 6.59. The number of carbonyl (C=O) groups is 1. The van der Waals surface area contributed by atoms with E-state index in [0.717, 1.165) is 14.7 Å². The molecule has 31 heavy (non-hydrogen) atoms. The first-order chi connectivity index (χ1) is 14.9. The van der Waals surface area contributed by atoms with Gasteiger partial charge in [0.1, 0.15) is 5.75 Å². The molecule has 0 N–H and O–H groups in total. The van der Waals surface area contributed by atoms with Crippen molar-refractivity contribution in [3.8, 4) is 22.9 Å². The number of hydrogen-bond acceptors (Lipinski definition) is 7. The Bertz CT molecular complexity index is 1160. The Balaban J connectivity index is 2.00. The molecule has 4 rings (SSSR count). The van der Waals surface area contributed by atoms with E-state index in [0.29, 0.717) is 39.3 Å². The fourth-order valence-electron chi connectivity index (χ4n) is 3.37. The summed E-state index contributed by atoms with van der Waals surface area (Å²) in [4.78, 5) is 19.1. The zero-order valence-electron chi connectivity index (χ0n) is 16.9. The number of rotatable bonds is 4. The Kier molecular flexibility index (Phi) is 6.49. The molecule has 0 saturated carbocycles. The maximum Gasteiger partial charge on any atom is 0.247 e. The molecule has 1 aromatic heterocycles. The van der Waals surface area contributed by atoms with Crippen LogP contribution in [0.1, 0.15) is 25.6 Å². The van der Waals surface area contributed by atoms with Crippen molar-refractivity contribution >= 4 is 55.2 Å². The Morgan fingerprint density at radius 1 is 1.19 bits per heavy atom. The van der Waals surface area contributed by atoms with Gasteiger partial charge in [0.2, 0.25) is 23.2 Å². The summed E-state index contributed by atoms with van der Waals surface area (Å²) in [5.74, 6) is 1.50. The second kappa shape index (κ2) is 9.13. The lowest BCUT2D eigenvalue weighted by Gasteiger charge is -2.30. The third kappa shape index (κ3) is 4.28. The van der Waals surface area contributed by atoms with Gasteiger partial charge in [-0.25, -0.2) is 0 Å². The first kappa shape index (κ1) is 22.0. The number of amides is 1. The minimum absolute atomic E-state index is 0.195. The highest BCUT2D eigenvalue weighted by Gasteiger charge is 2.36. The average Bonchev–Trinajstić information content (AvgIpc) is 2.88. The number of carbonyl (C=O) groups excluding carboxylic acids is 1. The Morgan fingerprint density at radius 2 is 1.94 bits per heavy atom. The zero-order valence-corrected chi connectivity index (χ0v) is 20.9. The SMILES string of the molecule is CCSc1nnc2c(n1)O[C@@H](c1cc(Br)ccc1OC)N(C(C)=O)c1ccc(Br)cc1-2. The van der Waals surface area contributed by atoms with Gasteiger partial charge in [-0.05, 0) is 42.2 Å². The molecule has 0 fully saturated rings. The van der Waals surface area contributed by atoms with E-state index in [1.54, 1.807) is 12.0 Å². The van der Waals surface area contributed by atoms with Crippen LogP contribution in [-0.2, 0) is 4.79 Å². The largest absolute Gasteiger partial charge is 0.496 e. The van der Waals surface area contributed by atoms with E-state index in [1.165, 1.54) is 18.7 Å². The van der Waals surface area contributed by atoms with Crippen LogP contribution in [0.4, 0.5) is 5.69 Å². The summed E-state index contributed by atoms with van der Waals surface area (Å²) < 4.78 is 13.6. The lowest BCUT2D eigenvalue weighted by Crippen LogP contribution is -2.36. The molecule has 7 nitrogen and oxygen atoms in total. The van der Waals surface area contributed by atoms with E-state index >= 15 is 0 Å².